The van der Waals surface area contributed by atoms with Crippen molar-refractivity contribution in [2.24, 2.45) is 5.92 Å². The Kier molecular flexibility index (Phi) is 2.34. The molecule has 2 bridgehead atoms. The molecule has 1 amide bonds. The number of hydrogen-bond acceptors (Lipinski definition) is 2. The number of carbonyl (C=O) groups is 1. The SMILES string of the molecule is Cc1ncc(Br)cc1C(=O)N(C)C12CC(C1)C2. The summed E-state index contributed by atoms with van der Waals surface area (Å²) in [5.74, 6) is 0.987. The minimum absolute atomic E-state index is 0.106. The van der Waals surface area contributed by atoms with Gasteiger partial charge in [-0.15, -0.1) is 0 Å². The van der Waals surface area contributed by atoms with Gasteiger partial charge in [0.25, 0.3) is 5.91 Å². The van der Waals surface area contributed by atoms with Crippen molar-refractivity contribution in [3.8, 4) is 0 Å². The summed E-state index contributed by atoms with van der Waals surface area (Å²) >= 11 is 3.37. The first-order chi connectivity index (χ1) is 8.02. The number of aromatic nitrogens is 1. The van der Waals surface area contributed by atoms with Crippen molar-refractivity contribution in [1.29, 1.82) is 0 Å². The van der Waals surface area contributed by atoms with Crippen LogP contribution >= 0.6 is 15.9 Å². The molecule has 0 aliphatic heterocycles. The third-order valence-corrected chi connectivity index (χ3v) is 4.74. The maximum absolute atomic E-state index is 12.4. The topological polar surface area (TPSA) is 33.2 Å². The number of aryl methyl sites for hydroxylation is 1. The van der Waals surface area contributed by atoms with Crippen LogP contribution < -0.4 is 0 Å². The van der Waals surface area contributed by atoms with E-state index in [1.165, 1.54) is 19.3 Å². The molecule has 0 unspecified atom stereocenters. The van der Waals surface area contributed by atoms with E-state index in [9.17, 15) is 4.79 Å². The molecule has 17 heavy (non-hydrogen) atoms. The van der Waals surface area contributed by atoms with Gasteiger partial charge in [0.05, 0.1) is 11.3 Å². The number of nitrogens with zero attached hydrogens (tertiary/aromatic N) is 2. The average Bonchev–Trinajstić information content (AvgIpc) is 2.16. The predicted octanol–water partition coefficient (Wildman–Crippen LogP) is 2.78. The Labute approximate surface area is 109 Å². The standard InChI is InChI=1S/C13H15BrN2O/c1-8-11(3-10(14)7-15-8)12(17)16(2)13-4-9(5-13)6-13/h3,7,9H,4-6H2,1-2H3. The van der Waals surface area contributed by atoms with E-state index in [4.69, 9.17) is 0 Å². The quantitative estimate of drug-likeness (QED) is 0.840. The number of hydrogen-bond donors (Lipinski definition) is 0. The Bertz CT molecular complexity index is 483. The number of halogens is 1. The molecule has 0 radical (unpaired) electrons. The minimum atomic E-state index is 0.106. The molecule has 3 aliphatic carbocycles. The van der Waals surface area contributed by atoms with Gasteiger partial charge in [0.2, 0.25) is 0 Å². The van der Waals surface area contributed by atoms with Crippen LogP contribution in [0, 0.1) is 12.8 Å². The van der Waals surface area contributed by atoms with Crippen LogP contribution in [0.2, 0.25) is 0 Å². The zero-order valence-corrected chi connectivity index (χ0v) is 11.6. The van der Waals surface area contributed by atoms with Crippen LogP contribution in [0.15, 0.2) is 16.7 Å². The molecule has 1 heterocycles. The Morgan fingerprint density at radius 1 is 1.53 bits per heavy atom. The fourth-order valence-electron chi connectivity index (χ4n) is 2.96. The fraction of sp³-hybridized carbons (Fsp3) is 0.538. The van der Waals surface area contributed by atoms with E-state index in [0.717, 1.165) is 16.1 Å². The summed E-state index contributed by atoms with van der Waals surface area (Å²) in [5.41, 5.74) is 1.69. The maximum atomic E-state index is 12.4. The number of carbonyl (C=O) groups excluding carboxylic acids is 1. The van der Waals surface area contributed by atoms with Gasteiger partial charge in [-0.3, -0.25) is 9.78 Å². The largest absolute Gasteiger partial charge is 0.336 e. The molecule has 3 saturated carbocycles. The molecular weight excluding hydrogens is 280 g/mol. The first-order valence-electron chi connectivity index (χ1n) is 5.92. The Balaban J connectivity index is 1.88. The lowest BCUT2D eigenvalue weighted by atomic mass is 9.49. The number of amides is 1. The summed E-state index contributed by atoms with van der Waals surface area (Å²) in [6.45, 7) is 1.88. The molecular formula is C13H15BrN2O. The zero-order valence-electron chi connectivity index (χ0n) is 10.0. The third kappa shape index (κ3) is 1.53. The smallest absolute Gasteiger partial charge is 0.255 e. The first-order valence-corrected chi connectivity index (χ1v) is 6.71. The molecule has 3 aliphatic rings. The molecule has 0 atom stereocenters. The van der Waals surface area contributed by atoms with E-state index in [2.05, 4.69) is 20.9 Å². The summed E-state index contributed by atoms with van der Waals surface area (Å²) in [5, 5.41) is 0. The normalized spacial score (nSPS) is 29.2. The van der Waals surface area contributed by atoms with Crippen LogP contribution in [0.1, 0.15) is 35.3 Å². The van der Waals surface area contributed by atoms with Crippen molar-refractivity contribution in [2.75, 3.05) is 7.05 Å². The Morgan fingerprint density at radius 2 is 2.18 bits per heavy atom. The molecule has 1 aromatic rings. The second kappa shape index (κ2) is 3.55. The van der Waals surface area contributed by atoms with E-state index in [0.29, 0.717) is 5.56 Å². The van der Waals surface area contributed by atoms with Crippen LogP contribution in [0.3, 0.4) is 0 Å². The summed E-state index contributed by atoms with van der Waals surface area (Å²) in [6, 6.07) is 1.87. The monoisotopic (exact) mass is 294 g/mol. The van der Waals surface area contributed by atoms with Gasteiger partial charge in [-0.1, -0.05) is 0 Å². The van der Waals surface area contributed by atoms with E-state index in [1.807, 2.05) is 24.9 Å². The van der Waals surface area contributed by atoms with Crippen molar-refractivity contribution in [3.63, 3.8) is 0 Å². The van der Waals surface area contributed by atoms with Gasteiger partial charge < -0.3 is 4.90 Å². The molecule has 1 aromatic heterocycles. The molecule has 0 N–H and O–H groups in total. The third-order valence-electron chi connectivity index (χ3n) is 4.31. The van der Waals surface area contributed by atoms with Crippen molar-refractivity contribution < 1.29 is 4.79 Å². The van der Waals surface area contributed by atoms with Gasteiger partial charge in [-0.2, -0.15) is 0 Å². The summed E-state index contributed by atoms with van der Waals surface area (Å²) in [7, 11) is 1.93. The second-order valence-electron chi connectivity index (χ2n) is 5.35. The highest BCUT2D eigenvalue weighted by Crippen LogP contribution is 2.60. The average molecular weight is 295 g/mol. The molecule has 0 saturated heterocycles. The van der Waals surface area contributed by atoms with Crippen LogP contribution in [-0.4, -0.2) is 28.4 Å². The molecule has 0 spiro atoms. The summed E-state index contributed by atoms with van der Waals surface area (Å²) in [4.78, 5) is 18.6. The van der Waals surface area contributed by atoms with E-state index in [1.54, 1.807) is 6.20 Å². The van der Waals surface area contributed by atoms with Gasteiger partial charge in [-0.25, -0.2) is 0 Å². The predicted molar refractivity (Wildman–Crippen MR) is 68.8 cm³/mol. The zero-order chi connectivity index (χ0) is 12.2. The van der Waals surface area contributed by atoms with E-state index in [-0.39, 0.29) is 11.4 Å². The molecule has 3 nitrogen and oxygen atoms in total. The first kappa shape index (κ1) is 11.2. The van der Waals surface area contributed by atoms with Gasteiger partial charge in [0, 0.05) is 23.3 Å². The molecule has 0 aromatic carbocycles. The second-order valence-corrected chi connectivity index (χ2v) is 6.27. The van der Waals surface area contributed by atoms with Crippen molar-refractivity contribution in [1.82, 2.24) is 9.88 Å². The Hall–Kier alpha value is -0.900. The highest BCUT2D eigenvalue weighted by molar-refractivity contribution is 9.10. The lowest BCUT2D eigenvalue weighted by Gasteiger charge is -2.65. The van der Waals surface area contributed by atoms with Crippen molar-refractivity contribution in [2.45, 2.75) is 31.7 Å². The lowest BCUT2D eigenvalue weighted by Crippen LogP contribution is -2.68. The fourth-order valence-corrected chi connectivity index (χ4v) is 3.29. The highest BCUT2D eigenvalue weighted by atomic mass is 79.9. The van der Waals surface area contributed by atoms with Gasteiger partial charge >= 0.3 is 0 Å². The van der Waals surface area contributed by atoms with Crippen LogP contribution in [0.4, 0.5) is 0 Å². The highest BCUT2D eigenvalue weighted by Gasteiger charge is 2.60. The summed E-state index contributed by atoms with van der Waals surface area (Å²) in [6.07, 6.45) is 5.30. The van der Waals surface area contributed by atoms with E-state index >= 15 is 0 Å². The summed E-state index contributed by atoms with van der Waals surface area (Å²) < 4.78 is 0.859. The van der Waals surface area contributed by atoms with Crippen LogP contribution in [0.5, 0.6) is 0 Å². The van der Waals surface area contributed by atoms with Gasteiger partial charge in [0.1, 0.15) is 0 Å². The molecule has 4 rings (SSSR count). The minimum Gasteiger partial charge on any atom is -0.336 e. The van der Waals surface area contributed by atoms with Crippen molar-refractivity contribution in [3.05, 3.63) is 28.0 Å². The molecule has 90 valence electrons. The van der Waals surface area contributed by atoms with Gasteiger partial charge in [-0.05, 0) is 54.1 Å². The van der Waals surface area contributed by atoms with Gasteiger partial charge in [0.15, 0.2) is 0 Å². The van der Waals surface area contributed by atoms with Crippen molar-refractivity contribution >= 4 is 21.8 Å². The lowest BCUT2D eigenvalue weighted by molar-refractivity contribution is -0.114. The number of rotatable bonds is 2. The molecule has 3 fully saturated rings. The van der Waals surface area contributed by atoms with E-state index < -0.39 is 0 Å². The Morgan fingerprint density at radius 3 is 2.71 bits per heavy atom. The maximum Gasteiger partial charge on any atom is 0.255 e. The van der Waals surface area contributed by atoms with Crippen LogP contribution in [0.25, 0.3) is 0 Å². The van der Waals surface area contributed by atoms with Crippen LogP contribution in [-0.2, 0) is 0 Å². The molecule has 4 heteroatoms. The number of pyridine rings is 1.